The Hall–Kier alpha value is -1.06. The van der Waals surface area contributed by atoms with Crippen LogP contribution in [0.5, 0.6) is 0 Å². The zero-order valence-electron chi connectivity index (χ0n) is 9.14. The smallest absolute Gasteiger partial charge is 0.226 e. The quantitative estimate of drug-likeness (QED) is 0.665. The molecule has 0 aromatic carbocycles. The summed E-state index contributed by atoms with van der Waals surface area (Å²) in [6.45, 7) is 2.33. The average molecular weight is 210 g/mol. The summed E-state index contributed by atoms with van der Waals surface area (Å²) in [5.41, 5.74) is -0.175. The van der Waals surface area contributed by atoms with Gasteiger partial charge in [0.1, 0.15) is 0 Å². The molecular formula is C11H18N2O2. The second-order valence-electron chi connectivity index (χ2n) is 4.78. The molecule has 84 valence electrons. The molecular weight excluding hydrogens is 192 g/mol. The van der Waals surface area contributed by atoms with E-state index in [0.717, 1.165) is 38.6 Å². The SMILES string of the molecule is CC(=O)N[C@H]1CCC[C@]2(CCNC2=O)C1. The maximum absolute atomic E-state index is 11.8. The molecule has 2 amide bonds. The van der Waals surface area contributed by atoms with E-state index in [9.17, 15) is 9.59 Å². The first kappa shape index (κ1) is 10.5. The number of nitrogens with one attached hydrogen (secondary N) is 2. The molecule has 4 nitrogen and oxygen atoms in total. The zero-order valence-corrected chi connectivity index (χ0v) is 9.14. The molecule has 1 aliphatic heterocycles. The van der Waals surface area contributed by atoms with Crippen molar-refractivity contribution in [2.75, 3.05) is 6.54 Å². The second-order valence-corrected chi connectivity index (χ2v) is 4.78. The van der Waals surface area contributed by atoms with Crippen molar-refractivity contribution in [3.63, 3.8) is 0 Å². The molecule has 0 radical (unpaired) electrons. The number of rotatable bonds is 1. The second kappa shape index (κ2) is 3.83. The number of hydrogen-bond donors (Lipinski definition) is 2. The Morgan fingerprint density at radius 1 is 1.53 bits per heavy atom. The highest BCUT2D eigenvalue weighted by atomic mass is 16.2. The summed E-state index contributed by atoms with van der Waals surface area (Å²) < 4.78 is 0. The van der Waals surface area contributed by atoms with Crippen LogP contribution in [0.2, 0.25) is 0 Å². The lowest BCUT2D eigenvalue weighted by Crippen LogP contribution is -2.44. The van der Waals surface area contributed by atoms with Crippen LogP contribution in [-0.4, -0.2) is 24.4 Å². The fourth-order valence-electron chi connectivity index (χ4n) is 2.92. The predicted molar refractivity (Wildman–Crippen MR) is 56.1 cm³/mol. The van der Waals surface area contributed by atoms with E-state index < -0.39 is 0 Å². The normalized spacial score (nSPS) is 35.3. The largest absolute Gasteiger partial charge is 0.356 e. The molecule has 2 rings (SSSR count). The van der Waals surface area contributed by atoms with Crippen LogP contribution < -0.4 is 10.6 Å². The van der Waals surface area contributed by atoms with Gasteiger partial charge < -0.3 is 10.6 Å². The molecule has 2 fully saturated rings. The Morgan fingerprint density at radius 2 is 2.33 bits per heavy atom. The minimum atomic E-state index is -0.175. The molecule has 2 aliphatic rings. The van der Waals surface area contributed by atoms with Gasteiger partial charge in [-0.3, -0.25) is 9.59 Å². The molecule has 0 unspecified atom stereocenters. The Bertz CT molecular complexity index is 290. The third-order valence-corrected chi connectivity index (χ3v) is 3.62. The van der Waals surface area contributed by atoms with E-state index in [2.05, 4.69) is 10.6 Å². The van der Waals surface area contributed by atoms with E-state index in [0.29, 0.717) is 0 Å². The third kappa shape index (κ3) is 1.98. The first-order valence-electron chi connectivity index (χ1n) is 5.68. The van der Waals surface area contributed by atoms with Gasteiger partial charge in [0.15, 0.2) is 0 Å². The molecule has 1 spiro atoms. The molecule has 0 bridgehead atoms. The van der Waals surface area contributed by atoms with E-state index >= 15 is 0 Å². The van der Waals surface area contributed by atoms with Gasteiger partial charge in [-0.05, 0) is 25.7 Å². The van der Waals surface area contributed by atoms with Crippen LogP contribution in [-0.2, 0) is 9.59 Å². The first-order chi connectivity index (χ1) is 7.12. The van der Waals surface area contributed by atoms with Crippen molar-refractivity contribution in [1.82, 2.24) is 10.6 Å². The monoisotopic (exact) mass is 210 g/mol. The third-order valence-electron chi connectivity index (χ3n) is 3.62. The fourth-order valence-corrected chi connectivity index (χ4v) is 2.92. The zero-order chi connectivity index (χ0) is 10.9. The van der Waals surface area contributed by atoms with Crippen molar-refractivity contribution in [3.8, 4) is 0 Å². The van der Waals surface area contributed by atoms with Crippen molar-refractivity contribution in [1.29, 1.82) is 0 Å². The maximum atomic E-state index is 11.8. The van der Waals surface area contributed by atoms with Crippen LogP contribution in [0.1, 0.15) is 39.0 Å². The van der Waals surface area contributed by atoms with Gasteiger partial charge in [-0.1, -0.05) is 6.42 Å². The van der Waals surface area contributed by atoms with E-state index in [1.807, 2.05) is 0 Å². The number of amides is 2. The van der Waals surface area contributed by atoms with Crippen LogP contribution in [0.4, 0.5) is 0 Å². The van der Waals surface area contributed by atoms with E-state index in [1.165, 1.54) is 6.92 Å². The van der Waals surface area contributed by atoms with Crippen LogP contribution in [0, 0.1) is 5.41 Å². The highest BCUT2D eigenvalue weighted by Gasteiger charge is 2.45. The van der Waals surface area contributed by atoms with Crippen molar-refractivity contribution in [2.45, 2.75) is 45.1 Å². The standard InChI is InChI=1S/C11H18N2O2/c1-8(14)13-9-3-2-4-11(7-9)5-6-12-10(11)15/h9H,2-7H2,1H3,(H,12,15)(H,13,14)/t9-,11-/m0/s1. The maximum Gasteiger partial charge on any atom is 0.226 e. The summed E-state index contributed by atoms with van der Waals surface area (Å²) >= 11 is 0. The van der Waals surface area contributed by atoms with Gasteiger partial charge in [-0.15, -0.1) is 0 Å². The summed E-state index contributed by atoms with van der Waals surface area (Å²) in [6.07, 6.45) is 4.78. The van der Waals surface area contributed by atoms with Gasteiger partial charge in [-0.25, -0.2) is 0 Å². The van der Waals surface area contributed by atoms with Crippen molar-refractivity contribution in [3.05, 3.63) is 0 Å². The molecule has 1 heterocycles. The lowest BCUT2D eigenvalue weighted by atomic mass is 9.71. The molecule has 0 aromatic rings. The predicted octanol–water partition coefficient (Wildman–Crippen LogP) is 0.571. The Balaban J connectivity index is 2.03. The topological polar surface area (TPSA) is 58.2 Å². The molecule has 0 aromatic heterocycles. The van der Waals surface area contributed by atoms with Crippen molar-refractivity contribution < 1.29 is 9.59 Å². The molecule has 4 heteroatoms. The minimum absolute atomic E-state index is 0.00968. The van der Waals surface area contributed by atoms with Gasteiger partial charge in [0.05, 0.1) is 5.41 Å². The van der Waals surface area contributed by atoms with Gasteiger partial charge in [-0.2, -0.15) is 0 Å². The first-order valence-corrected chi connectivity index (χ1v) is 5.68. The Morgan fingerprint density at radius 3 is 2.93 bits per heavy atom. The summed E-state index contributed by atoms with van der Waals surface area (Å²) in [5, 5.41) is 5.84. The van der Waals surface area contributed by atoms with Gasteiger partial charge in [0.25, 0.3) is 0 Å². The minimum Gasteiger partial charge on any atom is -0.356 e. The number of carbonyl (C=O) groups is 2. The Labute approximate surface area is 89.8 Å². The molecule has 15 heavy (non-hydrogen) atoms. The number of carbonyl (C=O) groups excluding carboxylic acids is 2. The fraction of sp³-hybridized carbons (Fsp3) is 0.818. The van der Waals surface area contributed by atoms with Crippen LogP contribution in [0.3, 0.4) is 0 Å². The van der Waals surface area contributed by atoms with Crippen LogP contribution >= 0.6 is 0 Å². The van der Waals surface area contributed by atoms with Crippen molar-refractivity contribution in [2.24, 2.45) is 5.41 Å². The molecule has 1 saturated carbocycles. The van der Waals surface area contributed by atoms with Gasteiger partial charge >= 0.3 is 0 Å². The molecule has 2 N–H and O–H groups in total. The van der Waals surface area contributed by atoms with Gasteiger partial charge in [0, 0.05) is 19.5 Å². The summed E-state index contributed by atoms with van der Waals surface area (Å²) in [6, 6.07) is 0.195. The highest BCUT2D eigenvalue weighted by molar-refractivity contribution is 5.85. The van der Waals surface area contributed by atoms with Crippen molar-refractivity contribution >= 4 is 11.8 Å². The van der Waals surface area contributed by atoms with E-state index in [1.54, 1.807) is 0 Å². The molecule has 1 saturated heterocycles. The lowest BCUT2D eigenvalue weighted by molar-refractivity contribution is -0.130. The van der Waals surface area contributed by atoms with Gasteiger partial charge in [0.2, 0.25) is 11.8 Å². The summed E-state index contributed by atoms with van der Waals surface area (Å²) in [7, 11) is 0. The highest BCUT2D eigenvalue weighted by Crippen LogP contribution is 2.41. The van der Waals surface area contributed by atoms with E-state index in [4.69, 9.17) is 0 Å². The average Bonchev–Trinajstić information content (AvgIpc) is 2.47. The Kier molecular flexibility index (Phi) is 2.67. The summed E-state index contributed by atoms with van der Waals surface area (Å²) in [5.74, 6) is 0.202. The van der Waals surface area contributed by atoms with Crippen LogP contribution in [0.25, 0.3) is 0 Å². The lowest BCUT2D eigenvalue weighted by Gasteiger charge is -2.35. The van der Waals surface area contributed by atoms with Crippen LogP contribution in [0.15, 0.2) is 0 Å². The number of hydrogen-bond acceptors (Lipinski definition) is 2. The molecule has 1 aliphatic carbocycles. The molecule has 2 atom stereocenters. The van der Waals surface area contributed by atoms with E-state index in [-0.39, 0.29) is 23.3 Å². The summed E-state index contributed by atoms with van der Waals surface area (Å²) in [4.78, 5) is 22.7.